The van der Waals surface area contributed by atoms with Gasteiger partial charge in [0, 0.05) is 50.0 Å². The van der Waals surface area contributed by atoms with E-state index in [1.54, 1.807) is 0 Å². The zero-order valence-corrected chi connectivity index (χ0v) is 21.3. The summed E-state index contributed by atoms with van der Waals surface area (Å²) < 4.78 is 7.48. The van der Waals surface area contributed by atoms with Crippen molar-refractivity contribution < 1.29 is 4.74 Å². The SMILES string of the molecule is Cc1cccc(-c2ccn(-c3cc(N4CCOCC4)c4[nH]c(CN5CC[C@H](N(C)C)C5)nc4n3)n2)c1. The Kier molecular flexibility index (Phi) is 6.20. The molecule has 2 aliphatic heterocycles. The van der Waals surface area contributed by atoms with Gasteiger partial charge < -0.3 is 19.5 Å². The van der Waals surface area contributed by atoms with Crippen LogP contribution in [0.5, 0.6) is 0 Å². The van der Waals surface area contributed by atoms with Crippen molar-refractivity contribution in [2.45, 2.75) is 25.9 Å². The van der Waals surface area contributed by atoms with Crippen LogP contribution in [0.25, 0.3) is 28.2 Å². The van der Waals surface area contributed by atoms with Crippen LogP contribution in [0.3, 0.4) is 0 Å². The van der Waals surface area contributed by atoms with Gasteiger partial charge in [-0.15, -0.1) is 0 Å². The van der Waals surface area contributed by atoms with E-state index >= 15 is 0 Å². The zero-order valence-electron chi connectivity index (χ0n) is 21.3. The fourth-order valence-corrected chi connectivity index (χ4v) is 5.25. The van der Waals surface area contributed by atoms with Gasteiger partial charge in [-0.05, 0) is 39.6 Å². The summed E-state index contributed by atoms with van der Waals surface area (Å²) in [6, 6.07) is 13.2. The Bertz CT molecular complexity index is 1350. The number of rotatable bonds is 6. The van der Waals surface area contributed by atoms with Crippen LogP contribution in [0.1, 0.15) is 17.8 Å². The topological polar surface area (TPSA) is 78.3 Å². The molecule has 188 valence electrons. The van der Waals surface area contributed by atoms with E-state index < -0.39 is 0 Å². The number of benzene rings is 1. The molecular weight excluding hydrogens is 452 g/mol. The van der Waals surface area contributed by atoms with Gasteiger partial charge >= 0.3 is 0 Å². The fraction of sp³-hybridized carbons (Fsp3) is 0.444. The Balaban J connectivity index is 1.35. The number of ether oxygens (including phenoxy) is 1. The van der Waals surface area contributed by atoms with Crippen LogP contribution in [0.4, 0.5) is 5.69 Å². The summed E-state index contributed by atoms with van der Waals surface area (Å²) in [5.41, 5.74) is 6.09. The fourth-order valence-electron chi connectivity index (χ4n) is 5.25. The highest BCUT2D eigenvalue weighted by Crippen LogP contribution is 2.29. The molecule has 0 amide bonds. The highest BCUT2D eigenvalue weighted by Gasteiger charge is 2.25. The first-order chi connectivity index (χ1) is 17.5. The molecule has 0 unspecified atom stereocenters. The molecule has 6 rings (SSSR count). The summed E-state index contributed by atoms with van der Waals surface area (Å²) in [6.07, 6.45) is 3.17. The lowest BCUT2D eigenvalue weighted by Gasteiger charge is -2.29. The molecule has 3 aromatic heterocycles. The van der Waals surface area contributed by atoms with Crippen LogP contribution in [-0.2, 0) is 11.3 Å². The first kappa shape index (κ1) is 23.1. The summed E-state index contributed by atoms with van der Waals surface area (Å²) in [4.78, 5) is 20.6. The molecule has 0 aliphatic carbocycles. The molecule has 2 saturated heterocycles. The van der Waals surface area contributed by atoms with E-state index in [9.17, 15) is 0 Å². The second kappa shape index (κ2) is 9.65. The number of aromatic nitrogens is 5. The molecule has 1 atom stereocenters. The number of nitrogens with zero attached hydrogens (tertiary/aromatic N) is 7. The maximum Gasteiger partial charge on any atom is 0.182 e. The van der Waals surface area contributed by atoms with Gasteiger partial charge in [0.05, 0.1) is 31.1 Å². The van der Waals surface area contributed by atoms with Gasteiger partial charge in [0.1, 0.15) is 11.3 Å². The summed E-state index contributed by atoms with van der Waals surface area (Å²) in [7, 11) is 4.32. The maximum atomic E-state index is 5.62. The standard InChI is InChI=1S/C27H34N8O/c1-19-5-4-6-20(15-19)22-8-10-35(31-22)25-16-23(34-11-13-36-14-12-34)26-27(30-25)29-24(28-26)18-33-9-7-21(17-33)32(2)3/h4-6,8,10,15-16,21H,7,9,11-14,17-18H2,1-3H3,(H,28,29,30)/t21-/m0/s1. The van der Waals surface area contributed by atoms with Crippen LogP contribution < -0.4 is 4.90 Å². The van der Waals surface area contributed by atoms with Crippen molar-refractivity contribution in [3.8, 4) is 17.1 Å². The van der Waals surface area contributed by atoms with E-state index in [4.69, 9.17) is 19.8 Å². The minimum absolute atomic E-state index is 0.602. The largest absolute Gasteiger partial charge is 0.378 e. The quantitative estimate of drug-likeness (QED) is 0.449. The average molecular weight is 487 g/mol. The number of morpholine rings is 1. The lowest BCUT2D eigenvalue weighted by atomic mass is 10.1. The molecule has 0 saturated carbocycles. The van der Waals surface area contributed by atoms with Gasteiger partial charge in [-0.3, -0.25) is 4.90 Å². The smallest absolute Gasteiger partial charge is 0.182 e. The number of pyridine rings is 1. The number of likely N-dealkylation sites (tertiary alicyclic amines) is 1. The third-order valence-corrected chi connectivity index (χ3v) is 7.32. The Labute approximate surface area is 211 Å². The Morgan fingerprint density at radius 2 is 1.94 bits per heavy atom. The van der Waals surface area contributed by atoms with Crippen molar-refractivity contribution in [3.05, 3.63) is 54.0 Å². The lowest BCUT2D eigenvalue weighted by molar-refractivity contribution is 0.123. The maximum absolute atomic E-state index is 5.62. The van der Waals surface area contributed by atoms with Gasteiger partial charge in [0.15, 0.2) is 11.5 Å². The van der Waals surface area contributed by atoms with Crippen LogP contribution in [0.2, 0.25) is 0 Å². The van der Waals surface area contributed by atoms with Crippen LogP contribution in [-0.4, -0.2) is 94.1 Å². The summed E-state index contributed by atoms with van der Waals surface area (Å²) in [5.74, 6) is 1.74. The molecule has 2 fully saturated rings. The molecule has 0 spiro atoms. The van der Waals surface area contributed by atoms with Crippen molar-refractivity contribution in [2.75, 3.05) is 58.4 Å². The molecule has 2 aliphatic rings. The summed E-state index contributed by atoms with van der Waals surface area (Å²) in [5, 5.41) is 4.86. The highest BCUT2D eigenvalue weighted by molar-refractivity contribution is 5.87. The van der Waals surface area contributed by atoms with Gasteiger partial charge in [0.25, 0.3) is 0 Å². The normalized spacial score (nSPS) is 19.1. The van der Waals surface area contributed by atoms with E-state index in [1.807, 2.05) is 16.9 Å². The van der Waals surface area contributed by atoms with E-state index in [1.165, 1.54) is 12.0 Å². The van der Waals surface area contributed by atoms with Crippen molar-refractivity contribution in [1.29, 1.82) is 0 Å². The molecule has 0 bridgehead atoms. The number of likely N-dealkylation sites (N-methyl/N-ethyl adjacent to an activating group) is 1. The number of H-pyrrole nitrogens is 1. The van der Waals surface area contributed by atoms with Gasteiger partial charge in [0.2, 0.25) is 0 Å². The Morgan fingerprint density at radius 3 is 2.72 bits per heavy atom. The number of fused-ring (bicyclic) bond motifs is 1. The van der Waals surface area contributed by atoms with Crippen molar-refractivity contribution in [2.24, 2.45) is 0 Å². The van der Waals surface area contributed by atoms with Crippen LogP contribution >= 0.6 is 0 Å². The number of hydrogen-bond acceptors (Lipinski definition) is 7. The minimum Gasteiger partial charge on any atom is -0.378 e. The minimum atomic E-state index is 0.602. The van der Waals surface area contributed by atoms with E-state index in [0.29, 0.717) is 6.04 Å². The second-order valence-electron chi connectivity index (χ2n) is 10.1. The van der Waals surface area contributed by atoms with Gasteiger partial charge in [-0.1, -0.05) is 23.8 Å². The number of nitrogens with one attached hydrogen (secondary N) is 1. The van der Waals surface area contributed by atoms with Gasteiger partial charge in [-0.25, -0.2) is 14.6 Å². The monoisotopic (exact) mass is 486 g/mol. The predicted molar refractivity (Wildman–Crippen MR) is 142 cm³/mol. The molecule has 0 radical (unpaired) electrons. The number of anilines is 1. The molecule has 9 nitrogen and oxygen atoms in total. The van der Waals surface area contributed by atoms with E-state index in [-0.39, 0.29) is 0 Å². The number of imidazole rings is 1. The Hall–Kier alpha value is -3.27. The average Bonchev–Trinajstić information content (AvgIpc) is 3.64. The van der Waals surface area contributed by atoms with Gasteiger partial charge in [-0.2, -0.15) is 5.10 Å². The highest BCUT2D eigenvalue weighted by atomic mass is 16.5. The molecule has 5 heterocycles. The summed E-state index contributed by atoms with van der Waals surface area (Å²) >= 11 is 0. The molecular formula is C27H34N8O. The van der Waals surface area contributed by atoms with Crippen LogP contribution in [0, 0.1) is 6.92 Å². The first-order valence-electron chi connectivity index (χ1n) is 12.8. The third-order valence-electron chi connectivity index (χ3n) is 7.32. The number of aryl methyl sites for hydroxylation is 1. The molecule has 36 heavy (non-hydrogen) atoms. The molecule has 1 N–H and O–H groups in total. The zero-order chi connectivity index (χ0) is 24.6. The molecule has 9 heteroatoms. The third kappa shape index (κ3) is 4.61. The number of hydrogen-bond donors (Lipinski definition) is 1. The van der Waals surface area contributed by atoms with Crippen molar-refractivity contribution in [3.63, 3.8) is 0 Å². The first-order valence-corrected chi connectivity index (χ1v) is 12.8. The van der Waals surface area contributed by atoms with E-state index in [0.717, 1.165) is 85.7 Å². The molecule has 4 aromatic rings. The summed E-state index contributed by atoms with van der Waals surface area (Å²) in [6.45, 7) is 8.19. The van der Waals surface area contributed by atoms with Crippen molar-refractivity contribution >= 4 is 16.9 Å². The van der Waals surface area contributed by atoms with E-state index in [2.05, 4.69) is 71.0 Å². The predicted octanol–water partition coefficient (Wildman–Crippen LogP) is 3.09. The lowest BCUT2D eigenvalue weighted by Crippen LogP contribution is -2.36. The molecule has 1 aromatic carbocycles. The van der Waals surface area contributed by atoms with Crippen LogP contribution in [0.15, 0.2) is 42.6 Å². The van der Waals surface area contributed by atoms with Crippen molar-refractivity contribution in [1.82, 2.24) is 34.5 Å². The number of aromatic amines is 1. The second-order valence-corrected chi connectivity index (χ2v) is 10.1. The Morgan fingerprint density at radius 1 is 1.08 bits per heavy atom.